The third-order valence-electron chi connectivity index (χ3n) is 3.26. The lowest BCUT2D eigenvalue weighted by atomic mass is 10.2. The van der Waals surface area contributed by atoms with Crippen molar-refractivity contribution in [3.8, 4) is 11.4 Å². The predicted octanol–water partition coefficient (Wildman–Crippen LogP) is 1.59. The molecule has 124 valence electrons. The van der Waals surface area contributed by atoms with E-state index in [2.05, 4.69) is 25.9 Å². The lowest BCUT2D eigenvalue weighted by Crippen LogP contribution is -2.20. The van der Waals surface area contributed by atoms with Gasteiger partial charge in [-0.15, -0.1) is 5.10 Å². The quantitative estimate of drug-likeness (QED) is 0.766. The van der Waals surface area contributed by atoms with Gasteiger partial charge in [-0.2, -0.15) is 5.10 Å². The zero-order valence-corrected chi connectivity index (χ0v) is 12.6. The molecule has 24 heavy (non-hydrogen) atoms. The molecule has 3 aromatic rings. The minimum absolute atomic E-state index is 0.0565. The molecule has 0 atom stereocenters. The molecule has 3 rings (SSSR count). The number of nitrogens with one attached hydrogen (secondary N) is 1. The Morgan fingerprint density at radius 2 is 2.17 bits per heavy atom. The summed E-state index contributed by atoms with van der Waals surface area (Å²) in [4.78, 5) is 12.3. The van der Waals surface area contributed by atoms with Gasteiger partial charge in [0.2, 0.25) is 0 Å². The third-order valence-corrected chi connectivity index (χ3v) is 3.26. The van der Waals surface area contributed by atoms with E-state index < -0.39 is 18.9 Å². The number of amides is 1. The van der Waals surface area contributed by atoms with E-state index >= 15 is 0 Å². The Labute approximate surface area is 135 Å². The highest BCUT2D eigenvalue weighted by molar-refractivity contribution is 6.03. The zero-order chi connectivity index (χ0) is 17.1. The highest BCUT2D eigenvalue weighted by Gasteiger charge is 2.16. The van der Waals surface area contributed by atoms with E-state index in [1.54, 1.807) is 31.3 Å². The van der Waals surface area contributed by atoms with Gasteiger partial charge in [0, 0.05) is 24.5 Å². The number of hydrogen-bond donors (Lipinski definition) is 1. The second kappa shape index (κ2) is 6.52. The summed E-state index contributed by atoms with van der Waals surface area (Å²) in [6, 6.07) is 8.28. The van der Waals surface area contributed by atoms with Crippen LogP contribution >= 0.6 is 0 Å². The molecule has 0 unspecified atom stereocenters. The maximum Gasteiger partial charge on any atom is 0.273 e. The van der Waals surface area contributed by atoms with Gasteiger partial charge in [0.1, 0.15) is 12.2 Å². The first-order chi connectivity index (χ1) is 11.5. The molecule has 10 heteroatoms. The van der Waals surface area contributed by atoms with E-state index in [0.29, 0.717) is 17.1 Å². The number of alkyl halides is 2. The lowest BCUT2D eigenvalue weighted by molar-refractivity contribution is 0.0989. The second-order valence-electron chi connectivity index (χ2n) is 4.95. The molecule has 0 aliphatic carbocycles. The number of halogens is 2. The highest BCUT2D eigenvalue weighted by Crippen LogP contribution is 2.20. The van der Waals surface area contributed by atoms with Crippen molar-refractivity contribution in [1.82, 2.24) is 30.0 Å². The van der Waals surface area contributed by atoms with Crippen molar-refractivity contribution < 1.29 is 13.6 Å². The molecule has 0 radical (unpaired) electrons. The van der Waals surface area contributed by atoms with E-state index in [-0.39, 0.29) is 5.69 Å². The number of carbonyl (C=O) groups is 1. The van der Waals surface area contributed by atoms with E-state index in [0.717, 1.165) is 4.68 Å². The van der Waals surface area contributed by atoms with Gasteiger partial charge in [-0.25, -0.2) is 13.5 Å². The average Bonchev–Trinajstić information content (AvgIpc) is 3.16. The number of benzene rings is 1. The smallest absolute Gasteiger partial charge is 0.273 e. The Bertz CT molecular complexity index is 858. The van der Waals surface area contributed by atoms with Crippen LogP contribution in [0.4, 0.5) is 14.5 Å². The number of rotatable bonds is 5. The van der Waals surface area contributed by atoms with Crippen LogP contribution in [-0.2, 0) is 13.6 Å². The van der Waals surface area contributed by atoms with Gasteiger partial charge in [0.15, 0.2) is 5.82 Å². The van der Waals surface area contributed by atoms with Gasteiger partial charge in [-0.1, -0.05) is 12.1 Å². The molecule has 2 aromatic heterocycles. The molecule has 0 spiro atoms. The van der Waals surface area contributed by atoms with Crippen molar-refractivity contribution in [2.75, 3.05) is 5.32 Å². The van der Waals surface area contributed by atoms with Crippen LogP contribution in [0.15, 0.2) is 36.5 Å². The Morgan fingerprint density at radius 3 is 2.88 bits per heavy atom. The summed E-state index contributed by atoms with van der Waals surface area (Å²) in [5, 5.41) is 17.6. The number of nitrogens with zero attached hydrogens (tertiary/aromatic N) is 6. The van der Waals surface area contributed by atoms with Gasteiger partial charge in [-0.3, -0.25) is 9.48 Å². The second-order valence-corrected chi connectivity index (χ2v) is 4.95. The molecule has 0 aliphatic rings. The van der Waals surface area contributed by atoms with Crippen molar-refractivity contribution in [2.45, 2.75) is 13.0 Å². The number of hydrogen-bond acceptors (Lipinski definition) is 5. The van der Waals surface area contributed by atoms with Crippen LogP contribution in [0.2, 0.25) is 0 Å². The Morgan fingerprint density at radius 1 is 1.33 bits per heavy atom. The van der Waals surface area contributed by atoms with Crippen molar-refractivity contribution >= 4 is 11.6 Å². The molecule has 0 saturated carbocycles. The van der Waals surface area contributed by atoms with Crippen LogP contribution < -0.4 is 5.32 Å². The number of aryl methyl sites for hydroxylation is 1. The van der Waals surface area contributed by atoms with E-state index in [1.165, 1.54) is 16.9 Å². The molecule has 0 bridgehead atoms. The summed E-state index contributed by atoms with van der Waals surface area (Å²) in [7, 11) is 1.70. The molecule has 1 N–H and O–H groups in total. The van der Waals surface area contributed by atoms with Crippen LogP contribution in [0.1, 0.15) is 10.5 Å². The van der Waals surface area contributed by atoms with E-state index in [9.17, 15) is 13.6 Å². The summed E-state index contributed by atoms with van der Waals surface area (Å²) in [5.41, 5.74) is 1.26. The molecule has 0 saturated heterocycles. The average molecular weight is 333 g/mol. The minimum Gasteiger partial charge on any atom is -0.321 e. The van der Waals surface area contributed by atoms with Crippen LogP contribution in [0.3, 0.4) is 0 Å². The lowest BCUT2D eigenvalue weighted by Gasteiger charge is -2.09. The first kappa shape index (κ1) is 15.7. The largest absolute Gasteiger partial charge is 0.321 e. The van der Waals surface area contributed by atoms with E-state index in [4.69, 9.17) is 0 Å². The zero-order valence-electron chi connectivity index (χ0n) is 12.6. The van der Waals surface area contributed by atoms with Gasteiger partial charge >= 0.3 is 0 Å². The van der Waals surface area contributed by atoms with Gasteiger partial charge < -0.3 is 5.32 Å². The predicted molar refractivity (Wildman–Crippen MR) is 80.4 cm³/mol. The van der Waals surface area contributed by atoms with Crippen LogP contribution in [0.5, 0.6) is 0 Å². The fourth-order valence-electron chi connectivity index (χ4n) is 2.21. The minimum atomic E-state index is -2.59. The van der Waals surface area contributed by atoms with Crippen molar-refractivity contribution in [2.24, 2.45) is 7.05 Å². The Hall–Kier alpha value is -3.17. The monoisotopic (exact) mass is 333 g/mol. The van der Waals surface area contributed by atoms with Gasteiger partial charge in [0.25, 0.3) is 12.3 Å². The van der Waals surface area contributed by atoms with Crippen molar-refractivity contribution in [3.05, 3.63) is 42.2 Å². The van der Waals surface area contributed by atoms with Gasteiger partial charge in [-0.05, 0) is 28.6 Å². The Kier molecular flexibility index (Phi) is 4.27. The fraction of sp³-hybridized carbons (Fsp3) is 0.214. The maximum absolute atomic E-state index is 12.5. The molecular formula is C14H13F2N7O. The summed E-state index contributed by atoms with van der Waals surface area (Å²) in [6.07, 6.45) is -1.29. The molecule has 1 aromatic carbocycles. The first-order valence-electron chi connectivity index (χ1n) is 6.98. The first-order valence-corrected chi connectivity index (χ1v) is 6.98. The normalized spacial score (nSPS) is 11.0. The number of carbonyl (C=O) groups excluding carboxylic acids is 1. The van der Waals surface area contributed by atoms with Crippen LogP contribution in [0.25, 0.3) is 11.4 Å². The number of aromatic nitrogens is 6. The summed E-state index contributed by atoms with van der Waals surface area (Å²) in [6.45, 7) is -0.638. The van der Waals surface area contributed by atoms with Crippen molar-refractivity contribution in [1.29, 1.82) is 0 Å². The topological polar surface area (TPSA) is 90.5 Å². The summed E-state index contributed by atoms with van der Waals surface area (Å²) < 4.78 is 27.5. The maximum atomic E-state index is 12.5. The standard InChI is InChI=1S/C14H13F2N7O/c1-22-13(19-20-21-22)9-3-2-4-10(7-9)18-14(24)11-5-6-17-23(11)8-12(15)16/h2-7,12H,8H2,1H3,(H,18,24). The number of tetrazole rings is 1. The Balaban J connectivity index is 1.81. The summed E-state index contributed by atoms with van der Waals surface area (Å²) >= 11 is 0. The molecular weight excluding hydrogens is 320 g/mol. The number of anilines is 1. The summed E-state index contributed by atoms with van der Waals surface area (Å²) in [5.74, 6) is 0.00947. The third kappa shape index (κ3) is 3.26. The molecule has 1 amide bonds. The molecule has 0 aliphatic heterocycles. The van der Waals surface area contributed by atoms with Crippen LogP contribution in [-0.4, -0.2) is 42.3 Å². The SMILES string of the molecule is Cn1nnnc1-c1cccc(NC(=O)c2ccnn2CC(F)F)c1. The van der Waals surface area contributed by atoms with Gasteiger partial charge in [0.05, 0.1) is 0 Å². The van der Waals surface area contributed by atoms with E-state index in [1.807, 2.05) is 0 Å². The van der Waals surface area contributed by atoms with Crippen molar-refractivity contribution in [3.63, 3.8) is 0 Å². The molecule has 8 nitrogen and oxygen atoms in total. The molecule has 0 fully saturated rings. The highest BCUT2D eigenvalue weighted by atomic mass is 19.3. The fourth-order valence-corrected chi connectivity index (χ4v) is 2.21. The van der Waals surface area contributed by atoms with Crippen LogP contribution in [0, 0.1) is 0 Å². The molecule has 2 heterocycles.